The van der Waals surface area contributed by atoms with E-state index >= 15 is 0 Å². The van der Waals surface area contributed by atoms with Gasteiger partial charge in [-0.3, -0.25) is 25.1 Å². The summed E-state index contributed by atoms with van der Waals surface area (Å²) in [6.07, 6.45) is 5.66. The van der Waals surface area contributed by atoms with Gasteiger partial charge in [-0.25, -0.2) is 0 Å². The van der Waals surface area contributed by atoms with Crippen LogP contribution in [0.15, 0.2) is 30.9 Å². The zero-order valence-corrected chi connectivity index (χ0v) is 25.8. The number of amides is 1. The molecule has 1 spiro atoms. The highest BCUT2D eigenvalue weighted by Crippen LogP contribution is 2.49. The molecule has 4 heterocycles. The number of ketones is 1. The molecule has 4 fully saturated rings. The van der Waals surface area contributed by atoms with Crippen molar-refractivity contribution in [1.29, 1.82) is 5.26 Å². The predicted octanol–water partition coefficient (Wildman–Crippen LogP) is 2.74. The van der Waals surface area contributed by atoms with Gasteiger partial charge >= 0.3 is 0 Å². The number of carbonyl (C=O) groups excluding carboxylic acids is 2. The second kappa shape index (κ2) is 12.6. The maximum Gasteiger partial charge on any atom is 0.246 e. The van der Waals surface area contributed by atoms with Crippen molar-refractivity contribution in [2.24, 2.45) is 5.92 Å². The molecule has 6 rings (SSSR count). The minimum absolute atomic E-state index is 0.0443. The van der Waals surface area contributed by atoms with E-state index in [4.69, 9.17) is 16.3 Å². The molecule has 226 valence electrons. The quantitative estimate of drug-likeness (QED) is 0.470. The van der Waals surface area contributed by atoms with Crippen molar-refractivity contribution in [2.75, 3.05) is 39.8 Å². The number of likely N-dealkylation sites (N-methyl/N-ethyl adjacent to an activating group) is 1. The number of halogens is 1. The third-order valence-corrected chi connectivity index (χ3v) is 11.9. The van der Waals surface area contributed by atoms with E-state index in [1.54, 1.807) is 16.7 Å². The number of nitrogens with one attached hydrogen (secondary N) is 2. The van der Waals surface area contributed by atoms with Crippen LogP contribution >= 0.6 is 23.4 Å². The summed E-state index contributed by atoms with van der Waals surface area (Å²) in [4.78, 5) is 33.5. The van der Waals surface area contributed by atoms with E-state index < -0.39 is 11.1 Å². The number of Topliss-reactive ketones (excluding diaryl/α,β-unsaturated/α-hetero) is 1. The summed E-state index contributed by atoms with van der Waals surface area (Å²) < 4.78 is 5.97. The first-order valence-electron chi connectivity index (χ1n) is 15.2. The summed E-state index contributed by atoms with van der Waals surface area (Å²) in [6, 6.07) is 8.10. The van der Waals surface area contributed by atoms with Gasteiger partial charge in [0.1, 0.15) is 0 Å². The Morgan fingerprint density at radius 1 is 1.26 bits per heavy atom. The largest absolute Gasteiger partial charge is 0.348 e. The van der Waals surface area contributed by atoms with Crippen LogP contribution in [-0.2, 0) is 26.5 Å². The van der Waals surface area contributed by atoms with Crippen LogP contribution in [0.25, 0.3) is 0 Å². The first kappa shape index (κ1) is 30.1. The van der Waals surface area contributed by atoms with Gasteiger partial charge in [-0.2, -0.15) is 5.26 Å². The maximum absolute atomic E-state index is 14.5. The Balaban J connectivity index is 1.24. The number of nitriles is 1. The first-order chi connectivity index (χ1) is 20.3. The number of hydrogen-bond acceptors (Lipinski definition) is 9. The summed E-state index contributed by atoms with van der Waals surface area (Å²) in [7, 11) is 2.14. The van der Waals surface area contributed by atoms with Crippen LogP contribution in [0.2, 0.25) is 5.02 Å². The molecule has 0 aromatic heterocycles. The van der Waals surface area contributed by atoms with Crippen molar-refractivity contribution in [3.63, 3.8) is 0 Å². The number of benzene rings is 1. The number of rotatable bonds is 6. The molecule has 4 aliphatic heterocycles. The van der Waals surface area contributed by atoms with Crippen LogP contribution in [0.4, 0.5) is 0 Å². The van der Waals surface area contributed by atoms with E-state index in [1.807, 2.05) is 12.1 Å². The number of ether oxygens (including phenoxy) is 1. The van der Waals surface area contributed by atoms with Gasteiger partial charge < -0.3 is 14.5 Å². The fourth-order valence-electron chi connectivity index (χ4n) is 7.68. The Hall–Kier alpha value is -1.97. The average molecular weight is 613 g/mol. The number of piperazine rings is 1. The lowest BCUT2D eigenvalue weighted by Gasteiger charge is -2.55. The highest BCUT2D eigenvalue weighted by molar-refractivity contribution is 8.00. The second-order valence-electron chi connectivity index (χ2n) is 12.4. The van der Waals surface area contributed by atoms with Crippen molar-refractivity contribution in [2.45, 2.75) is 79.7 Å². The van der Waals surface area contributed by atoms with Crippen molar-refractivity contribution in [3.8, 4) is 6.07 Å². The Morgan fingerprint density at radius 2 is 2.12 bits per heavy atom. The highest BCUT2D eigenvalue weighted by atomic mass is 35.5. The van der Waals surface area contributed by atoms with Gasteiger partial charge in [0.25, 0.3) is 0 Å². The zero-order chi connectivity index (χ0) is 29.4. The van der Waals surface area contributed by atoms with Gasteiger partial charge in [-0.15, -0.1) is 11.8 Å². The number of carbonyl (C=O) groups is 2. The Labute approximate surface area is 257 Å². The summed E-state index contributed by atoms with van der Waals surface area (Å²) in [5.41, 5.74) is 2.44. The van der Waals surface area contributed by atoms with Crippen LogP contribution in [0.5, 0.6) is 0 Å². The number of fused-ring (bicyclic) bond motifs is 2. The molecular weight excluding hydrogens is 572 g/mol. The molecule has 9 nitrogen and oxygen atoms in total. The topological polar surface area (TPSA) is 101 Å². The van der Waals surface area contributed by atoms with E-state index in [9.17, 15) is 14.9 Å². The smallest absolute Gasteiger partial charge is 0.246 e. The molecule has 1 amide bonds. The Bertz CT molecular complexity index is 1260. The minimum atomic E-state index is -0.484. The molecule has 42 heavy (non-hydrogen) atoms. The summed E-state index contributed by atoms with van der Waals surface area (Å²) in [5.74, 6) is 0.960. The predicted molar refractivity (Wildman–Crippen MR) is 164 cm³/mol. The monoisotopic (exact) mass is 612 g/mol. The van der Waals surface area contributed by atoms with Gasteiger partial charge in [0.15, 0.2) is 12.1 Å². The van der Waals surface area contributed by atoms with Crippen LogP contribution in [0, 0.1) is 17.2 Å². The van der Waals surface area contributed by atoms with E-state index in [1.165, 1.54) is 23.6 Å². The van der Waals surface area contributed by atoms with Gasteiger partial charge in [-0.05, 0) is 75.0 Å². The van der Waals surface area contributed by atoms with Crippen molar-refractivity contribution in [3.05, 3.63) is 47.0 Å². The third-order valence-electron chi connectivity index (χ3n) is 10.1. The second-order valence-corrected chi connectivity index (χ2v) is 14.2. The molecule has 6 unspecified atom stereocenters. The van der Waals surface area contributed by atoms with E-state index in [-0.39, 0.29) is 42.3 Å². The summed E-state index contributed by atoms with van der Waals surface area (Å²) >= 11 is 8.14. The van der Waals surface area contributed by atoms with E-state index in [0.29, 0.717) is 43.7 Å². The van der Waals surface area contributed by atoms with Crippen LogP contribution < -0.4 is 10.6 Å². The molecule has 0 bridgehead atoms. The maximum atomic E-state index is 14.5. The lowest BCUT2D eigenvalue weighted by Crippen LogP contribution is -2.75. The molecule has 2 N–H and O–H groups in total. The normalized spacial score (nSPS) is 35.5. The van der Waals surface area contributed by atoms with Crippen LogP contribution in [0.3, 0.4) is 0 Å². The van der Waals surface area contributed by atoms with Crippen LogP contribution in [-0.4, -0.2) is 102 Å². The first-order valence-corrected chi connectivity index (χ1v) is 16.5. The lowest BCUT2D eigenvalue weighted by molar-refractivity contribution is -0.144. The standard InChI is InChI=1S/C31H41ClN6O3S/c1-3-26(39)38-14-13-37(17-23(38)9-11-33)29-25-8-10-31(16-21-15-22(32)7-6-20(21)19-42-31)28(40)27(25)34-30(35-29)41-18-24-5-4-12-36(24)2/h3,6-7,15,23-25,27,29-30,34-35H,1,4-5,8-10,12-14,16-19H2,2H3/t23?,24?,25?,27?,29?,30?,31-/m1/s1. The molecule has 3 saturated heterocycles. The fourth-order valence-corrected chi connectivity index (χ4v) is 9.38. The molecule has 11 heteroatoms. The fraction of sp³-hybridized carbons (Fsp3) is 0.645. The van der Waals surface area contributed by atoms with Gasteiger partial charge in [0.2, 0.25) is 5.91 Å². The molecule has 1 saturated carbocycles. The number of likely N-dealkylation sites (tertiary alicyclic amines) is 1. The SMILES string of the molecule is C=CC(=O)N1CCN(C2NC(OCC3CCCN3C)NC3C(=O)[C@@]4(CCC32)Cc2cc(Cl)ccc2CS4)CC1CC#N. The molecule has 1 aliphatic carbocycles. The van der Waals surface area contributed by atoms with Crippen molar-refractivity contribution < 1.29 is 14.3 Å². The molecule has 7 atom stereocenters. The molecule has 0 radical (unpaired) electrons. The molecule has 5 aliphatic rings. The number of thioether (sulfide) groups is 1. The van der Waals surface area contributed by atoms with Gasteiger partial charge in [-0.1, -0.05) is 24.2 Å². The Kier molecular flexibility index (Phi) is 9.00. The molecular formula is C31H41ClN6O3S. The number of hydrogen-bond donors (Lipinski definition) is 2. The summed E-state index contributed by atoms with van der Waals surface area (Å²) in [5, 5.41) is 17.6. The minimum Gasteiger partial charge on any atom is -0.348 e. The zero-order valence-electron chi connectivity index (χ0n) is 24.3. The third kappa shape index (κ3) is 5.77. The van der Waals surface area contributed by atoms with Crippen molar-refractivity contribution >= 4 is 35.1 Å². The summed E-state index contributed by atoms with van der Waals surface area (Å²) in [6.45, 7) is 7.05. The van der Waals surface area contributed by atoms with E-state index in [0.717, 1.165) is 31.6 Å². The molecule has 1 aromatic carbocycles. The highest BCUT2D eigenvalue weighted by Gasteiger charge is 2.55. The van der Waals surface area contributed by atoms with E-state index in [2.05, 4.69) is 46.2 Å². The van der Waals surface area contributed by atoms with Crippen LogP contribution in [0.1, 0.15) is 43.2 Å². The van der Waals surface area contributed by atoms with Crippen molar-refractivity contribution in [1.82, 2.24) is 25.3 Å². The van der Waals surface area contributed by atoms with Gasteiger partial charge in [0, 0.05) is 42.4 Å². The Morgan fingerprint density at radius 3 is 2.88 bits per heavy atom. The molecule has 1 aromatic rings. The van der Waals surface area contributed by atoms with Gasteiger partial charge in [0.05, 0.1) is 42.1 Å². The average Bonchev–Trinajstić information content (AvgIpc) is 3.41. The number of nitrogens with zero attached hydrogens (tertiary/aromatic N) is 4. The lowest BCUT2D eigenvalue weighted by atomic mass is 9.71.